The van der Waals surface area contributed by atoms with Crippen molar-refractivity contribution in [1.29, 1.82) is 0 Å². The summed E-state index contributed by atoms with van der Waals surface area (Å²) in [5.74, 6) is -0.379. The van der Waals surface area contributed by atoms with E-state index in [1.165, 1.54) is 43.8 Å². The van der Waals surface area contributed by atoms with Crippen molar-refractivity contribution in [3.63, 3.8) is 0 Å². The van der Waals surface area contributed by atoms with Crippen molar-refractivity contribution in [3.8, 4) is 11.5 Å². The SMILES string of the molecule is COC(=O)c1sc(NC(=O)C2CCCN2S(=O)(=O)c2ccc(OC)c(OC)c2)nc1C. The Labute approximate surface area is 184 Å². The van der Waals surface area contributed by atoms with E-state index in [-0.39, 0.29) is 27.2 Å². The van der Waals surface area contributed by atoms with Crippen LogP contribution in [-0.4, -0.2) is 63.5 Å². The summed E-state index contributed by atoms with van der Waals surface area (Å²) in [7, 11) is 0.175. The molecule has 0 bridgehead atoms. The molecule has 0 aliphatic carbocycles. The highest BCUT2D eigenvalue weighted by molar-refractivity contribution is 7.89. The predicted molar refractivity (Wildman–Crippen MR) is 113 cm³/mol. The van der Waals surface area contributed by atoms with E-state index >= 15 is 0 Å². The molecule has 12 heteroatoms. The van der Waals surface area contributed by atoms with Crippen molar-refractivity contribution in [2.75, 3.05) is 33.2 Å². The molecule has 0 saturated carbocycles. The smallest absolute Gasteiger partial charge is 0.350 e. The minimum absolute atomic E-state index is 0.00270. The maximum Gasteiger partial charge on any atom is 0.350 e. The predicted octanol–water partition coefficient (Wildman–Crippen LogP) is 2.05. The molecule has 1 atom stereocenters. The van der Waals surface area contributed by atoms with Crippen molar-refractivity contribution in [2.45, 2.75) is 30.7 Å². The van der Waals surface area contributed by atoms with Gasteiger partial charge in [-0.1, -0.05) is 11.3 Å². The molecule has 168 valence electrons. The van der Waals surface area contributed by atoms with E-state index in [1.807, 2.05) is 0 Å². The molecule has 3 rings (SSSR count). The summed E-state index contributed by atoms with van der Waals surface area (Å²) < 4.78 is 42.7. The zero-order chi connectivity index (χ0) is 22.8. The molecule has 10 nitrogen and oxygen atoms in total. The summed E-state index contributed by atoms with van der Waals surface area (Å²) in [6.07, 6.45) is 0.904. The van der Waals surface area contributed by atoms with E-state index in [2.05, 4.69) is 10.3 Å². The average Bonchev–Trinajstić information content (AvgIpc) is 3.39. The van der Waals surface area contributed by atoms with Crippen LogP contribution >= 0.6 is 11.3 Å². The van der Waals surface area contributed by atoms with Crippen LogP contribution in [0.1, 0.15) is 28.2 Å². The number of ether oxygens (including phenoxy) is 3. The van der Waals surface area contributed by atoms with Crippen molar-refractivity contribution < 1.29 is 32.2 Å². The molecule has 0 spiro atoms. The van der Waals surface area contributed by atoms with Gasteiger partial charge in [0, 0.05) is 12.6 Å². The fourth-order valence-electron chi connectivity index (χ4n) is 3.32. The van der Waals surface area contributed by atoms with Crippen LogP contribution < -0.4 is 14.8 Å². The largest absolute Gasteiger partial charge is 0.493 e. The Kier molecular flexibility index (Phi) is 6.82. The Morgan fingerprint density at radius 2 is 1.90 bits per heavy atom. The van der Waals surface area contributed by atoms with Crippen molar-refractivity contribution in [2.24, 2.45) is 0 Å². The van der Waals surface area contributed by atoms with Crippen LogP contribution in [0.3, 0.4) is 0 Å². The number of hydrogen-bond donors (Lipinski definition) is 1. The van der Waals surface area contributed by atoms with Crippen LogP contribution in [0.4, 0.5) is 5.13 Å². The molecule has 1 fully saturated rings. The summed E-state index contributed by atoms with van der Waals surface area (Å²) in [6.45, 7) is 1.83. The Bertz CT molecular complexity index is 1100. The number of amides is 1. The number of esters is 1. The number of hydrogen-bond acceptors (Lipinski definition) is 9. The number of anilines is 1. The van der Waals surface area contributed by atoms with E-state index in [0.717, 1.165) is 11.3 Å². The third kappa shape index (κ3) is 4.50. The van der Waals surface area contributed by atoms with Crippen molar-refractivity contribution >= 4 is 38.4 Å². The Balaban J connectivity index is 1.83. The van der Waals surface area contributed by atoms with Crippen molar-refractivity contribution in [1.82, 2.24) is 9.29 Å². The normalized spacial score (nSPS) is 16.7. The number of aryl methyl sites for hydroxylation is 1. The van der Waals surface area contributed by atoms with Crippen LogP contribution in [0.15, 0.2) is 23.1 Å². The van der Waals surface area contributed by atoms with Gasteiger partial charge in [0.2, 0.25) is 15.9 Å². The highest BCUT2D eigenvalue weighted by Crippen LogP contribution is 2.33. The van der Waals surface area contributed by atoms with Gasteiger partial charge < -0.3 is 19.5 Å². The van der Waals surface area contributed by atoms with Crippen molar-refractivity contribution in [3.05, 3.63) is 28.8 Å². The second-order valence-electron chi connectivity index (χ2n) is 6.70. The summed E-state index contributed by atoms with van der Waals surface area (Å²) in [5, 5.41) is 2.84. The Morgan fingerprint density at radius 3 is 2.55 bits per heavy atom. The molecular formula is C19H23N3O7S2. The van der Waals surface area contributed by atoms with Crippen LogP contribution in [0, 0.1) is 6.92 Å². The van der Waals surface area contributed by atoms with Gasteiger partial charge in [-0.25, -0.2) is 18.2 Å². The fourth-order valence-corrected chi connectivity index (χ4v) is 5.88. The number of nitrogens with zero attached hydrogens (tertiary/aromatic N) is 2. The lowest BCUT2D eigenvalue weighted by molar-refractivity contribution is -0.119. The number of aromatic nitrogens is 1. The van der Waals surface area contributed by atoms with Crippen LogP contribution in [0.25, 0.3) is 0 Å². The first kappa shape index (κ1) is 23.0. The summed E-state index contributed by atoms with van der Waals surface area (Å²) >= 11 is 0.977. The molecule has 1 aromatic carbocycles. The van der Waals surface area contributed by atoms with Gasteiger partial charge in [-0.15, -0.1) is 0 Å². The monoisotopic (exact) mass is 469 g/mol. The first-order valence-corrected chi connectivity index (χ1v) is 11.6. The van der Waals surface area contributed by atoms with Gasteiger partial charge in [-0.3, -0.25) is 4.79 Å². The Morgan fingerprint density at radius 1 is 1.19 bits per heavy atom. The number of methoxy groups -OCH3 is 3. The van der Waals surface area contributed by atoms with E-state index in [1.54, 1.807) is 6.92 Å². The molecule has 1 aliphatic heterocycles. The standard InChI is InChI=1S/C19H23N3O7S2/c1-11-16(18(24)29-4)30-19(20-11)21-17(23)13-6-5-9-22(13)31(25,26)12-7-8-14(27-2)15(10-12)28-3/h7-8,10,13H,5-6,9H2,1-4H3,(H,20,21,23). The third-order valence-electron chi connectivity index (χ3n) is 4.87. The van der Waals surface area contributed by atoms with E-state index < -0.39 is 27.9 Å². The maximum absolute atomic E-state index is 13.2. The summed E-state index contributed by atoms with van der Waals surface area (Å²) in [6, 6.07) is 3.39. The van der Waals surface area contributed by atoms with Crippen LogP contribution in [-0.2, 0) is 19.6 Å². The van der Waals surface area contributed by atoms with Crippen LogP contribution in [0.5, 0.6) is 11.5 Å². The second kappa shape index (κ2) is 9.20. The van der Waals surface area contributed by atoms with E-state index in [0.29, 0.717) is 24.3 Å². The number of carbonyl (C=O) groups excluding carboxylic acids is 2. The number of benzene rings is 1. The summed E-state index contributed by atoms with van der Waals surface area (Å²) in [4.78, 5) is 29.1. The lowest BCUT2D eigenvalue weighted by Crippen LogP contribution is -2.43. The Hall–Kier alpha value is -2.70. The second-order valence-corrected chi connectivity index (χ2v) is 9.59. The van der Waals surface area contributed by atoms with Gasteiger partial charge in [0.05, 0.1) is 31.9 Å². The molecule has 1 N–H and O–H groups in total. The van der Waals surface area contributed by atoms with Crippen LogP contribution in [0.2, 0.25) is 0 Å². The van der Waals surface area contributed by atoms with Gasteiger partial charge in [0.15, 0.2) is 16.6 Å². The zero-order valence-electron chi connectivity index (χ0n) is 17.5. The van der Waals surface area contributed by atoms with Gasteiger partial charge >= 0.3 is 5.97 Å². The molecule has 1 unspecified atom stereocenters. The molecular weight excluding hydrogens is 446 g/mol. The molecule has 31 heavy (non-hydrogen) atoms. The molecule has 1 aliphatic rings. The highest BCUT2D eigenvalue weighted by Gasteiger charge is 2.40. The zero-order valence-corrected chi connectivity index (χ0v) is 19.1. The molecule has 1 saturated heterocycles. The summed E-state index contributed by atoms with van der Waals surface area (Å²) in [5.41, 5.74) is 0.424. The fraction of sp³-hybridized carbons (Fsp3) is 0.421. The molecule has 0 radical (unpaired) electrons. The number of rotatable bonds is 7. The molecule has 2 aromatic rings. The molecule has 2 heterocycles. The van der Waals surface area contributed by atoms with Gasteiger partial charge in [0.1, 0.15) is 10.9 Å². The minimum atomic E-state index is -3.96. The van der Waals surface area contributed by atoms with Gasteiger partial charge in [-0.2, -0.15) is 4.31 Å². The topological polar surface area (TPSA) is 124 Å². The third-order valence-corrected chi connectivity index (χ3v) is 7.82. The number of sulfonamides is 1. The van der Waals surface area contributed by atoms with E-state index in [9.17, 15) is 18.0 Å². The maximum atomic E-state index is 13.2. The minimum Gasteiger partial charge on any atom is -0.493 e. The lowest BCUT2D eigenvalue weighted by atomic mass is 10.2. The van der Waals surface area contributed by atoms with Gasteiger partial charge in [0.25, 0.3) is 0 Å². The number of thiazole rings is 1. The highest BCUT2D eigenvalue weighted by atomic mass is 32.2. The lowest BCUT2D eigenvalue weighted by Gasteiger charge is -2.23. The number of nitrogens with one attached hydrogen (secondary N) is 1. The first-order chi connectivity index (χ1) is 14.7. The molecule has 1 aromatic heterocycles. The molecule has 1 amide bonds. The first-order valence-electron chi connectivity index (χ1n) is 9.33. The number of carbonyl (C=O) groups is 2. The van der Waals surface area contributed by atoms with E-state index in [4.69, 9.17) is 14.2 Å². The van der Waals surface area contributed by atoms with Gasteiger partial charge in [-0.05, 0) is 31.9 Å². The quantitative estimate of drug-likeness (QED) is 0.611. The average molecular weight is 470 g/mol.